The Labute approximate surface area is 154 Å². The monoisotopic (exact) mass is 363 g/mol. The minimum Gasteiger partial charge on any atom is -0.375 e. The van der Waals surface area contributed by atoms with Gasteiger partial charge in [0.25, 0.3) is 0 Å². The number of likely N-dealkylation sites (tertiary alicyclic amines) is 1. The van der Waals surface area contributed by atoms with Crippen LogP contribution in [-0.4, -0.2) is 56.4 Å². The lowest BCUT2D eigenvalue weighted by atomic mass is 9.82. The van der Waals surface area contributed by atoms with E-state index in [2.05, 4.69) is 15.2 Å². The molecule has 5 nitrogen and oxygen atoms in total. The van der Waals surface area contributed by atoms with Crippen LogP contribution in [0.15, 0.2) is 29.3 Å². The molecule has 1 N–H and O–H groups in total. The van der Waals surface area contributed by atoms with E-state index in [1.165, 1.54) is 12.8 Å². The topological polar surface area (TPSA) is 46.1 Å². The Morgan fingerprint density at radius 1 is 1.24 bits per heavy atom. The number of nitrogens with zero attached hydrogens (tertiary/aromatic N) is 2. The minimum absolute atomic E-state index is 0.487. The Balaban J connectivity index is 1.19. The lowest BCUT2D eigenvalue weighted by Crippen LogP contribution is -2.42. The van der Waals surface area contributed by atoms with Crippen molar-refractivity contribution in [3.63, 3.8) is 0 Å². The van der Waals surface area contributed by atoms with Crippen molar-refractivity contribution >= 4 is 17.6 Å². The van der Waals surface area contributed by atoms with Gasteiger partial charge in [-0.15, -0.1) is 0 Å². The predicted molar refractivity (Wildman–Crippen MR) is 98.9 cm³/mol. The van der Waals surface area contributed by atoms with Gasteiger partial charge >= 0.3 is 0 Å². The number of nitrogens with one attached hydrogen (secondary N) is 1. The maximum Gasteiger partial charge on any atom is 0.193 e. The lowest BCUT2D eigenvalue weighted by Gasteiger charge is -2.23. The molecule has 3 saturated heterocycles. The van der Waals surface area contributed by atoms with Crippen LogP contribution in [0.2, 0.25) is 5.02 Å². The van der Waals surface area contributed by atoms with Gasteiger partial charge in [-0.1, -0.05) is 23.7 Å². The van der Waals surface area contributed by atoms with Crippen LogP contribution in [0.3, 0.4) is 0 Å². The maximum absolute atomic E-state index is 6.05. The molecule has 0 saturated carbocycles. The highest BCUT2D eigenvalue weighted by atomic mass is 35.5. The molecule has 0 amide bonds. The number of hydrogen-bond acceptors (Lipinski definition) is 3. The molecule has 3 fully saturated rings. The molecule has 4 atom stereocenters. The summed E-state index contributed by atoms with van der Waals surface area (Å²) in [6.07, 6.45) is 3.45. The quantitative estimate of drug-likeness (QED) is 0.496. The van der Waals surface area contributed by atoms with Crippen molar-refractivity contribution in [2.45, 2.75) is 31.7 Å². The Kier molecular flexibility index (Phi) is 5.15. The van der Waals surface area contributed by atoms with Gasteiger partial charge in [-0.2, -0.15) is 0 Å². The highest BCUT2D eigenvalue weighted by molar-refractivity contribution is 6.30. The van der Waals surface area contributed by atoms with E-state index in [1.807, 2.05) is 31.3 Å². The fourth-order valence-electron chi connectivity index (χ4n) is 4.47. The Morgan fingerprint density at radius 2 is 1.92 bits per heavy atom. The molecule has 1 aromatic carbocycles. The molecular weight excluding hydrogens is 338 g/mol. The van der Waals surface area contributed by atoms with Crippen molar-refractivity contribution in [1.29, 1.82) is 0 Å². The number of halogens is 1. The third kappa shape index (κ3) is 3.64. The minimum atomic E-state index is 0.487. The summed E-state index contributed by atoms with van der Waals surface area (Å²) in [5, 5.41) is 4.19. The first-order valence-electron chi connectivity index (χ1n) is 9.18. The van der Waals surface area contributed by atoms with Crippen molar-refractivity contribution in [3.8, 4) is 0 Å². The fourth-order valence-corrected chi connectivity index (χ4v) is 4.60. The van der Waals surface area contributed by atoms with Crippen LogP contribution in [-0.2, 0) is 16.1 Å². The molecule has 0 aromatic heterocycles. The SMILES string of the molecule is CN=C(NCCOCc1ccc(Cl)cc1)N1CC2C3CCC(O3)C2C1. The number of aliphatic imine (C=N–C) groups is 1. The molecule has 3 heterocycles. The summed E-state index contributed by atoms with van der Waals surface area (Å²) in [6.45, 7) is 4.15. The molecule has 0 aliphatic carbocycles. The van der Waals surface area contributed by atoms with Crippen molar-refractivity contribution in [1.82, 2.24) is 10.2 Å². The van der Waals surface area contributed by atoms with Crippen molar-refractivity contribution < 1.29 is 9.47 Å². The average Bonchev–Trinajstić information content (AvgIpc) is 3.32. The Hall–Kier alpha value is -1.30. The van der Waals surface area contributed by atoms with Crippen LogP contribution < -0.4 is 5.32 Å². The molecule has 3 aliphatic heterocycles. The summed E-state index contributed by atoms with van der Waals surface area (Å²) in [5.41, 5.74) is 1.14. The van der Waals surface area contributed by atoms with Crippen molar-refractivity contribution in [2.24, 2.45) is 16.8 Å². The first-order valence-corrected chi connectivity index (χ1v) is 9.55. The van der Waals surface area contributed by atoms with Gasteiger partial charge in [-0.25, -0.2) is 0 Å². The number of rotatable bonds is 5. The molecular formula is C19H26ClN3O2. The summed E-state index contributed by atoms with van der Waals surface area (Å²) in [6, 6.07) is 7.77. The summed E-state index contributed by atoms with van der Waals surface area (Å²) >= 11 is 5.89. The van der Waals surface area contributed by atoms with E-state index < -0.39 is 0 Å². The molecule has 1 aromatic rings. The lowest BCUT2D eigenvalue weighted by molar-refractivity contribution is 0.0765. The van der Waals surface area contributed by atoms with E-state index in [1.54, 1.807) is 0 Å². The normalized spacial score (nSPS) is 30.8. The first-order chi connectivity index (χ1) is 12.2. The van der Waals surface area contributed by atoms with Gasteiger partial charge < -0.3 is 19.7 Å². The van der Waals surface area contributed by atoms with Gasteiger partial charge in [0.05, 0.1) is 25.4 Å². The van der Waals surface area contributed by atoms with E-state index in [0.717, 1.165) is 36.2 Å². The maximum atomic E-state index is 6.05. The van der Waals surface area contributed by atoms with Crippen molar-refractivity contribution in [2.75, 3.05) is 33.3 Å². The molecule has 4 rings (SSSR count). The number of ether oxygens (including phenoxy) is 2. The summed E-state index contributed by atoms with van der Waals surface area (Å²) in [7, 11) is 1.86. The molecule has 4 unspecified atom stereocenters. The smallest absolute Gasteiger partial charge is 0.193 e. The first kappa shape index (κ1) is 17.1. The average molecular weight is 364 g/mol. The fraction of sp³-hybridized carbons (Fsp3) is 0.632. The second-order valence-electron chi connectivity index (χ2n) is 7.18. The standard InChI is InChI=1S/C19H26ClN3O2/c1-21-19(22-8-9-24-12-13-2-4-14(20)5-3-13)23-10-15-16(11-23)18-7-6-17(15)25-18/h2-5,15-18H,6-12H2,1H3,(H,21,22). The Morgan fingerprint density at radius 3 is 2.56 bits per heavy atom. The van der Waals surface area contributed by atoms with Gasteiger partial charge in [0.1, 0.15) is 0 Å². The molecule has 136 valence electrons. The zero-order valence-electron chi connectivity index (χ0n) is 14.7. The third-order valence-corrected chi connectivity index (χ3v) is 5.93. The van der Waals surface area contributed by atoms with E-state index in [9.17, 15) is 0 Å². The van der Waals surface area contributed by atoms with Gasteiger partial charge in [-0.3, -0.25) is 4.99 Å². The highest BCUT2D eigenvalue weighted by Gasteiger charge is 2.53. The second kappa shape index (κ2) is 7.52. The predicted octanol–water partition coefficient (Wildman–Crippen LogP) is 2.54. The number of benzene rings is 1. The van der Waals surface area contributed by atoms with Crippen LogP contribution in [0.4, 0.5) is 0 Å². The van der Waals surface area contributed by atoms with Crippen LogP contribution in [0.1, 0.15) is 18.4 Å². The molecule has 6 heteroatoms. The summed E-state index contributed by atoms with van der Waals surface area (Å²) < 4.78 is 11.8. The van der Waals surface area contributed by atoms with Crippen LogP contribution in [0.5, 0.6) is 0 Å². The molecule has 2 bridgehead atoms. The number of guanidine groups is 1. The second-order valence-corrected chi connectivity index (χ2v) is 7.61. The van der Waals surface area contributed by atoms with E-state index in [0.29, 0.717) is 37.3 Å². The summed E-state index contributed by atoms with van der Waals surface area (Å²) in [4.78, 5) is 6.84. The summed E-state index contributed by atoms with van der Waals surface area (Å²) in [5.74, 6) is 2.38. The molecule has 3 aliphatic rings. The van der Waals surface area contributed by atoms with E-state index in [4.69, 9.17) is 21.1 Å². The van der Waals surface area contributed by atoms with Crippen LogP contribution in [0, 0.1) is 11.8 Å². The number of fused-ring (bicyclic) bond motifs is 5. The van der Waals surface area contributed by atoms with Gasteiger partial charge in [0.2, 0.25) is 0 Å². The largest absolute Gasteiger partial charge is 0.375 e. The third-order valence-electron chi connectivity index (χ3n) is 5.68. The zero-order valence-corrected chi connectivity index (χ0v) is 15.4. The van der Waals surface area contributed by atoms with Crippen molar-refractivity contribution in [3.05, 3.63) is 34.9 Å². The Bertz CT molecular complexity index is 604. The zero-order chi connectivity index (χ0) is 17.2. The van der Waals surface area contributed by atoms with Gasteiger partial charge in [-0.05, 0) is 30.5 Å². The molecule has 0 spiro atoms. The van der Waals surface area contributed by atoms with Gasteiger partial charge in [0.15, 0.2) is 5.96 Å². The number of hydrogen-bond donors (Lipinski definition) is 1. The van der Waals surface area contributed by atoms with Crippen LogP contribution >= 0.6 is 11.6 Å². The molecule has 0 radical (unpaired) electrons. The highest BCUT2D eigenvalue weighted by Crippen LogP contribution is 2.47. The van der Waals surface area contributed by atoms with Gasteiger partial charge in [0, 0.05) is 43.5 Å². The molecule has 25 heavy (non-hydrogen) atoms. The van der Waals surface area contributed by atoms with E-state index >= 15 is 0 Å². The van der Waals surface area contributed by atoms with Crippen LogP contribution in [0.25, 0.3) is 0 Å². The van der Waals surface area contributed by atoms with E-state index in [-0.39, 0.29) is 0 Å².